The van der Waals surface area contributed by atoms with Gasteiger partial charge in [-0.3, -0.25) is 4.98 Å². The summed E-state index contributed by atoms with van der Waals surface area (Å²) in [7, 11) is 0. The molecule has 0 spiro atoms. The van der Waals surface area contributed by atoms with E-state index >= 15 is 0 Å². The maximum absolute atomic E-state index is 8.84. The van der Waals surface area contributed by atoms with E-state index in [1.165, 1.54) is 6.20 Å². The molecule has 0 saturated heterocycles. The number of nitrogen functional groups attached to an aromatic ring is 1. The Morgan fingerprint density at radius 3 is 2.94 bits per heavy atom. The SMILES string of the molecule is N#Cc1cnc(N)nc1OCc1ccccn1. The Morgan fingerprint density at radius 2 is 2.24 bits per heavy atom. The minimum absolute atomic E-state index is 0.0695. The molecule has 0 unspecified atom stereocenters. The molecule has 0 bridgehead atoms. The van der Waals surface area contributed by atoms with Crippen LogP contribution in [0.15, 0.2) is 30.6 Å². The van der Waals surface area contributed by atoms with Gasteiger partial charge in [-0.05, 0) is 12.1 Å². The molecule has 0 amide bonds. The van der Waals surface area contributed by atoms with E-state index in [1.807, 2.05) is 24.3 Å². The minimum atomic E-state index is 0.0695. The molecule has 2 aromatic rings. The van der Waals surface area contributed by atoms with Gasteiger partial charge in [0.25, 0.3) is 0 Å². The molecule has 0 aliphatic carbocycles. The Kier molecular flexibility index (Phi) is 3.12. The van der Waals surface area contributed by atoms with Crippen LogP contribution in [-0.2, 0) is 6.61 Å². The fourth-order valence-electron chi connectivity index (χ4n) is 1.19. The van der Waals surface area contributed by atoms with Gasteiger partial charge in [-0.15, -0.1) is 0 Å². The Morgan fingerprint density at radius 1 is 1.35 bits per heavy atom. The third kappa shape index (κ3) is 2.66. The molecule has 0 aliphatic rings. The molecule has 0 aliphatic heterocycles. The highest BCUT2D eigenvalue weighted by molar-refractivity contribution is 5.38. The van der Waals surface area contributed by atoms with E-state index in [-0.39, 0.29) is 24.0 Å². The number of pyridine rings is 1. The maximum Gasteiger partial charge on any atom is 0.236 e. The maximum atomic E-state index is 8.84. The molecule has 0 fully saturated rings. The lowest BCUT2D eigenvalue weighted by Gasteiger charge is -2.05. The Balaban J connectivity index is 2.14. The average Bonchev–Trinajstić information content (AvgIpc) is 2.38. The molecule has 2 aromatic heterocycles. The van der Waals surface area contributed by atoms with Crippen LogP contribution in [-0.4, -0.2) is 15.0 Å². The summed E-state index contributed by atoms with van der Waals surface area (Å²) in [5.74, 6) is 0.241. The summed E-state index contributed by atoms with van der Waals surface area (Å²) in [4.78, 5) is 11.7. The van der Waals surface area contributed by atoms with Crippen molar-refractivity contribution in [3.05, 3.63) is 41.9 Å². The van der Waals surface area contributed by atoms with E-state index in [1.54, 1.807) is 6.20 Å². The fourth-order valence-corrected chi connectivity index (χ4v) is 1.19. The van der Waals surface area contributed by atoms with Gasteiger partial charge >= 0.3 is 0 Å². The van der Waals surface area contributed by atoms with Crippen LogP contribution in [0.2, 0.25) is 0 Å². The van der Waals surface area contributed by atoms with Crippen LogP contribution in [0.1, 0.15) is 11.3 Å². The zero-order valence-corrected chi connectivity index (χ0v) is 8.87. The topological polar surface area (TPSA) is 97.7 Å². The van der Waals surface area contributed by atoms with Gasteiger partial charge in [-0.1, -0.05) is 6.07 Å². The van der Waals surface area contributed by atoms with Crippen molar-refractivity contribution in [3.63, 3.8) is 0 Å². The summed E-state index contributed by atoms with van der Waals surface area (Å²) in [5.41, 5.74) is 6.41. The summed E-state index contributed by atoms with van der Waals surface area (Å²) in [6, 6.07) is 7.41. The van der Waals surface area contributed by atoms with Gasteiger partial charge < -0.3 is 10.5 Å². The third-order valence-corrected chi connectivity index (χ3v) is 1.98. The van der Waals surface area contributed by atoms with E-state index in [2.05, 4.69) is 15.0 Å². The number of hydrogen-bond donors (Lipinski definition) is 1. The van der Waals surface area contributed by atoms with Crippen molar-refractivity contribution in [1.29, 1.82) is 5.26 Å². The molecule has 6 nitrogen and oxygen atoms in total. The lowest BCUT2D eigenvalue weighted by Crippen LogP contribution is -2.04. The zero-order valence-electron chi connectivity index (χ0n) is 8.87. The highest BCUT2D eigenvalue weighted by Crippen LogP contribution is 2.15. The predicted molar refractivity (Wildman–Crippen MR) is 59.7 cm³/mol. The number of hydrogen-bond acceptors (Lipinski definition) is 6. The van der Waals surface area contributed by atoms with Gasteiger partial charge in [0.05, 0.1) is 11.9 Å². The lowest BCUT2D eigenvalue weighted by molar-refractivity contribution is 0.288. The van der Waals surface area contributed by atoms with Crippen LogP contribution >= 0.6 is 0 Å². The fraction of sp³-hybridized carbons (Fsp3) is 0.0909. The molecule has 84 valence electrons. The largest absolute Gasteiger partial charge is 0.470 e. The monoisotopic (exact) mass is 227 g/mol. The average molecular weight is 227 g/mol. The second-order valence-electron chi connectivity index (χ2n) is 3.17. The van der Waals surface area contributed by atoms with Gasteiger partial charge in [-0.2, -0.15) is 10.2 Å². The second kappa shape index (κ2) is 4.90. The quantitative estimate of drug-likeness (QED) is 0.836. The van der Waals surface area contributed by atoms with Crippen LogP contribution in [0.25, 0.3) is 0 Å². The molecule has 2 heterocycles. The molecule has 2 N–H and O–H groups in total. The highest BCUT2D eigenvalue weighted by atomic mass is 16.5. The molecule has 0 atom stereocenters. The summed E-state index contributed by atoms with van der Waals surface area (Å²) in [6.07, 6.45) is 2.99. The van der Waals surface area contributed by atoms with Crippen LogP contribution < -0.4 is 10.5 Å². The lowest BCUT2D eigenvalue weighted by atomic mass is 10.3. The molecule has 6 heteroatoms. The number of nitriles is 1. The first-order chi connectivity index (χ1) is 8.29. The third-order valence-electron chi connectivity index (χ3n) is 1.98. The van der Waals surface area contributed by atoms with Crippen molar-refractivity contribution in [3.8, 4) is 11.9 Å². The zero-order chi connectivity index (χ0) is 12.1. The van der Waals surface area contributed by atoms with Gasteiger partial charge in [0.2, 0.25) is 11.8 Å². The van der Waals surface area contributed by atoms with Crippen LogP contribution in [0, 0.1) is 11.3 Å². The number of ether oxygens (including phenoxy) is 1. The van der Waals surface area contributed by atoms with Crippen molar-refractivity contribution in [2.75, 3.05) is 5.73 Å². The molecule has 0 aromatic carbocycles. The summed E-state index contributed by atoms with van der Waals surface area (Å²) in [6.45, 7) is 0.228. The Labute approximate surface area is 97.7 Å². The summed E-state index contributed by atoms with van der Waals surface area (Å²) < 4.78 is 5.38. The van der Waals surface area contributed by atoms with Crippen molar-refractivity contribution in [2.24, 2.45) is 0 Å². The standard InChI is InChI=1S/C11H9N5O/c12-5-8-6-15-11(13)16-10(8)17-7-9-3-1-2-4-14-9/h1-4,6H,7H2,(H2,13,15,16). The number of anilines is 1. The van der Waals surface area contributed by atoms with Crippen molar-refractivity contribution >= 4 is 5.95 Å². The number of aromatic nitrogens is 3. The molecule has 0 radical (unpaired) electrons. The number of rotatable bonds is 3. The van der Waals surface area contributed by atoms with Gasteiger partial charge in [-0.25, -0.2) is 4.98 Å². The van der Waals surface area contributed by atoms with Crippen molar-refractivity contribution in [1.82, 2.24) is 15.0 Å². The van der Waals surface area contributed by atoms with E-state index in [0.29, 0.717) is 0 Å². The molecular formula is C11H9N5O. The van der Waals surface area contributed by atoms with Gasteiger partial charge in [0, 0.05) is 6.20 Å². The smallest absolute Gasteiger partial charge is 0.236 e. The first-order valence-electron chi connectivity index (χ1n) is 4.85. The minimum Gasteiger partial charge on any atom is -0.470 e. The number of nitrogens with two attached hydrogens (primary N) is 1. The first kappa shape index (κ1) is 10.8. The Hall–Kier alpha value is -2.68. The van der Waals surface area contributed by atoms with Crippen LogP contribution in [0.5, 0.6) is 5.88 Å². The predicted octanol–water partition coefficient (Wildman–Crippen LogP) is 0.904. The molecule has 2 rings (SSSR count). The molecule has 17 heavy (non-hydrogen) atoms. The number of nitrogens with zero attached hydrogens (tertiary/aromatic N) is 4. The highest BCUT2D eigenvalue weighted by Gasteiger charge is 2.07. The van der Waals surface area contributed by atoms with E-state index in [0.717, 1.165) is 5.69 Å². The first-order valence-corrected chi connectivity index (χ1v) is 4.85. The van der Waals surface area contributed by atoms with Crippen molar-refractivity contribution in [2.45, 2.75) is 6.61 Å². The normalized spacial score (nSPS) is 9.59. The van der Waals surface area contributed by atoms with E-state index < -0.39 is 0 Å². The van der Waals surface area contributed by atoms with Crippen molar-refractivity contribution < 1.29 is 4.74 Å². The Bertz CT molecular complexity index is 550. The second-order valence-corrected chi connectivity index (χ2v) is 3.17. The van der Waals surface area contributed by atoms with E-state index in [9.17, 15) is 0 Å². The summed E-state index contributed by atoms with van der Waals surface area (Å²) in [5, 5.41) is 8.84. The summed E-state index contributed by atoms with van der Waals surface area (Å²) >= 11 is 0. The van der Waals surface area contributed by atoms with Crippen LogP contribution in [0.3, 0.4) is 0 Å². The van der Waals surface area contributed by atoms with E-state index in [4.69, 9.17) is 15.7 Å². The molecule has 0 saturated carbocycles. The van der Waals surface area contributed by atoms with Crippen LogP contribution in [0.4, 0.5) is 5.95 Å². The molecular weight excluding hydrogens is 218 g/mol. The van der Waals surface area contributed by atoms with Gasteiger partial charge in [0.1, 0.15) is 18.2 Å². The van der Waals surface area contributed by atoms with Gasteiger partial charge in [0.15, 0.2) is 0 Å².